The van der Waals surface area contributed by atoms with Crippen molar-refractivity contribution in [2.75, 3.05) is 0 Å². The third-order valence-corrected chi connectivity index (χ3v) is 3.47. The van der Waals surface area contributed by atoms with Gasteiger partial charge < -0.3 is 0 Å². The molecule has 0 bridgehead atoms. The molecule has 106 valence electrons. The quantitative estimate of drug-likeness (QED) is 0.643. The van der Waals surface area contributed by atoms with E-state index in [1.54, 1.807) is 0 Å². The van der Waals surface area contributed by atoms with E-state index in [2.05, 4.69) is 31.0 Å². The molecule has 0 atom stereocenters. The largest absolute Gasteiger partial charge is 0.299 e. The first-order valence-electron chi connectivity index (χ1n) is 7.48. The number of aryl methyl sites for hydroxylation is 1. The summed E-state index contributed by atoms with van der Waals surface area (Å²) in [6.07, 6.45) is 7.10. The fourth-order valence-electron chi connectivity index (χ4n) is 2.02. The van der Waals surface area contributed by atoms with Gasteiger partial charge in [-0.25, -0.2) is 0 Å². The molecular weight excluding hydrogens is 234 g/mol. The first-order valence-corrected chi connectivity index (χ1v) is 7.48. The number of aromatic nitrogens is 1. The van der Waals surface area contributed by atoms with Crippen molar-refractivity contribution in [3.63, 3.8) is 0 Å². The molecule has 0 aliphatic carbocycles. The Hall–Kier alpha value is -1.18. The number of pyridine rings is 1. The summed E-state index contributed by atoms with van der Waals surface area (Å²) in [5.41, 5.74) is 2.46. The molecule has 19 heavy (non-hydrogen) atoms. The number of carbonyl (C=O) groups is 1. The Morgan fingerprint density at radius 1 is 1.11 bits per heavy atom. The molecule has 2 heteroatoms. The number of hydrogen-bond acceptors (Lipinski definition) is 2. The summed E-state index contributed by atoms with van der Waals surface area (Å²) in [6, 6.07) is 4.31. The van der Waals surface area contributed by atoms with Crippen LogP contribution in [0.15, 0.2) is 18.3 Å². The second-order valence-electron chi connectivity index (χ2n) is 5.93. The van der Waals surface area contributed by atoms with Crippen LogP contribution in [0.2, 0.25) is 0 Å². The highest BCUT2D eigenvalue weighted by Gasteiger charge is 2.06. The Kier molecular flexibility index (Phi) is 6.75. The molecule has 0 spiro atoms. The van der Waals surface area contributed by atoms with E-state index in [-0.39, 0.29) is 5.92 Å². The first kappa shape index (κ1) is 15.9. The van der Waals surface area contributed by atoms with Gasteiger partial charge in [-0.3, -0.25) is 9.78 Å². The van der Waals surface area contributed by atoms with Gasteiger partial charge in [0.15, 0.2) is 0 Å². The Bertz CT molecular complexity index is 379. The Labute approximate surface area is 117 Å². The molecule has 0 amide bonds. The number of unbranched alkanes of at least 4 members (excludes halogenated alkanes) is 2. The third-order valence-electron chi connectivity index (χ3n) is 3.47. The van der Waals surface area contributed by atoms with Gasteiger partial charge in [0.25, 0.3) is 0 Å². The second kappa shape index (κ2) is 8.08. The van der Waals surface area contributed by atoms with Crippen LogP contribution in [0.1, 0.15) is 70.6 Å². The van der Waals surface area contributed by atoms with Gasteiger partial charge in [0, 0.05) is 24.2 Å². The van der Waals surface area contributed by atoms with Gasteiger partial charge in [-0.05, 0) is 36.8 Å². The summed E-state index contributed by atoms with van der Waals surface area (Å²) in [5, 5.41) is 0. The summed E-state index contributed by atoms with van der Waals surface area (Å²) >= 11 is 0. The standard InChI is InChI=1S/C17H27NO/c1-13(2)16-11-10-15(12-18-16)8-6-5-7-9-17(19)14(3)4/h10-14H,5-9H2,1-4H3. The maximum atomic E-state index is 11.5. The van der Waals surface area contributed by atoms with Crippen molar-refractivity contribution in [3.8, 4) is 0 Å². The third kappa shape index (κ3) is 6.00. The zero-order valence-corrected chi connectivity index (χ0v) is 12.8. The molecule has 0 N–H and O–H groups in total. The summed E-state index contributed by atoms with van der Waals surface area (Å²) in [4.78, 5) is 15.9. The van der Waals surface area contributed by atoms with E-state index in [9.17, 15) is 4.79 Å². The lowest BCUT2D eigenvalue weighted by molar-refractivity contribution is -0.122. The summed E-state index contributed by atoms with van der Waals surface area (Å²) in [5.74, 6) is 1.08. The van der Waals surface area contributed by atoms with E-state index in [1.165, 1.54) is 5.56 Å². The number of Topliss-reactive ketones (excluding diaryl/α,β-unsaturated/α-hetero) is 1. The summed E-state index contributed by atoms with van der Waals surface area (Å²) in [7, 11) is 0. The van der Waals surface area contributed by atoms with Gasteiger partial charge in [0.1, 0.15) is 5.78 Å². The number of ketones is 1. The molecule has 2 nitrogen and oxygen atoms in total. The fraction of sp³-hybridized carbons (Fsp3) is 0.647. The van der Waals surface area contributed by atoms with E-state index in [4.69, 9.17) is 0 Å². The number of nitrogens with zero attached hydrogens (tertiary/aromatic N) is 1. The maximum Gasteiger partial charge on any atom is 0.135 e. The summed E-state index contributed by atoms with van der Waals surface area (Å²) < 4.78 is 0. The zero-order valence-electron chi connectivity index (χ0n) is 12.8. The van der Waals surface area contributed by atoms with Crippen LogP contribution >= 0.6 is 0 Å². The predicted molar refractivity (Wildman–Crippen MR) is 80.3 cm³/mol. The highest BCUT2D eigenvalue weighted by molar-refractivity contribution is 5.80. The van der Waals surface area contributed by atoms with Crippen LogP contribution in [0, 0.1) is 5.92 Å². The molecule has 0 aliphatic heterocycles. The normalized spacial score (nSPS) is 11.3. The molecule has 0 aromatic carbocycles. The minimum absolute atomic E-state index is 0.188. The van der Waals surface area contributed by atoms with Crippen LogP contribution in [0.25, 0.3) is 0 Å². The van der Waals surface area contributed by atoms with Crippen molar-refractivity contribution in [2.24, 2.45) is 5.92 Å². The van der Waals surface area contributed by atoms with Crippen LogP contribution in [0.5, 0.6) is 0 Å². The molecule has 0 saturated carbocycles. The number of carbonyl (C=O) groups excluding carboxylic acids is 1. The minimum Gasteiger partial charge on any atom is -0.299 e. The molecular formula is C17H27NO. The lowest BCUT2D eigenvalue weighted by atomic mass is 10.0. The van der Waals surface area contributed by atoms with Crippen molar-refractivity contribution in [1.82, 2.24) is 4.98 Å². The van der Waals surface area contributed by atoms with E-state index < -0.39 is 0 Å². The van der Waals surface area contributed by atoms with E-state index in [0.717, 1.165) is 37.8 Å². The van der Waals surface area contributed by atoms with Crippen molar-refractivity contribution >= 4 is 5.78 Å². The van der Waals surface area contributed by atoms with Crippen molar-refractivity contribution < 1.29 is 4.79 Å². The van der Waals surface area contributed by atoms with Gasteiger partial charge in [-0.1, -0.05) is 40.2 Å². The van der Waals surface area contributed by atoms with Crippen molar-refractivity contribution in [3.05, 3.63) is 29.6 Å². The van der Waals surface area contributed by atoms with Gasteiger partial charge in [0.05, 0.1) is 0 Å². The average Bonchev–Trinajstić information content (AvgIpc) is 2.38. The average molecular weight is 261 g/mol. The molecule has 0 radical (unpaired) electrons. The topological polar surface area (TPSA) is 30.0 Å². The smallest absolute Gasteiger partial charge is 0.135 e. The number of rotatable bonds is 8. The van der Waals surface area contributed by atoms with Gasteiger partial charge in [-0.15, -0.1) is 0 Å². The first-order chi connectivity index (χ1) is 9.00. The van der Waals surface area contributed by atoms with Crippen LogP contribution in [-0.4, -0.2) is 10.8 Å². The minimum atomic E-state index is 0.188. The van der Waals surface area contributed by atoms with Crippen LogP contribution in [0.3, 0.4) is 0 Å². The number of hydrogen-bond donors (Lipinski definition) is 0. The molecule has 1 heterocycles. The van der Waals surface area contributed by atoms with Crippen LogP contribution in [-0.2, 0) is 11.2 Å². The fourth-order valence-corrected chi connectivity index (χ4v) is 2.02. The maximum absolute atomic E-state index is 11.5. The van der Waals surface area contributed by atoms with Crippen LogP contribution < -0.4 is 0 Å². The lowest BCUT2D eigenvalue weighted by Crippen LogP contribution is -2.06. The van der Waals surface area contributed by atoms with E-state index >= 15 is 0 Å². The van der Waals surface area contributed by atoms with E-state index in [0.29, 0.717) is 11.7 Å². The molecule has 1 aromatic rings. The molecule has 1 rings (SSSR count). The molecule has 0 aliphatic rings. The van der Waals surface area contributed by atoms with Gasteiger partial charge in [-0.2, -0.15) is 0 Å². The highest BCUT2D eigenvalue weighted by atomic mass is 16.1. The second-order valence-corrected chi connectivity index (χ2v) is 5.93. The van der Waals surface area contributed by atoms with Gasteiger partial charge >= 0.3 is 0 Å². The predicted octanol–water partition coefficient (Wildman–Crippen LogP) is 4.53. The lowest BCUT2D eigenvalue weighted by Gasteiger charge is -2.06. The molecule has 0 fully saturated rings. The SMILES string of the molecule is CC(C)C(=O)CCCCCc1ccc(C(C)C)nc1. The monoisotopic (exact) mass is 261 g/mol. The Balaban J connectivity index is 2.21. The highest BCUT2D eigenvalue weighted by Crippen LogP contribution is 2.13. The summed E-state index contributed by atoms with van der Waals surface area (Å²) in [6.45, 7) is 8.27. The van der Waals surface area contributed by atoms with E-state index in [1.807, 2.05) is 20.0 Å². The zero-order chi connectivity index (χ0) is 14.3. The Morgan fingerprint density at radius 3 is 2.37 bits per heavy atom. The van der Waals surface area contributed by atoms with Crippen molar-refractivity contribution in [1.29, 1.82) is 0 Å². The van der Waals surface area contributed by atoms with Crippen molar-refractivity contribution in [2.45, 2.75) is 65.7 Å². The van der Waals surface area contributed by atoms with Gasteiger partial charge in [0.2, 0.25) is 0 Å². The molecule has 0 saturated heterocycles. The Morgan fingerprint density at radius 2 is 1.84 bits per heavy atom. The molecule has 1 aromatic heterocycles. The molecule has 0 unspecified atom stereocenters. The van der Waals surface area contributed by atoms with Crippen LogP contribution in [0.4, 0.5) is 0 Å².